The molecule has 1 aliphatic heterocycles. The maximum absolute atomic E-state index is 13.9. The minimum Gasteiger partial charge on any atom is -0.497 e. The summed E-state index contributed by atoms with van der Waals surface area (Å²) in [5.41, 5.74) is 2.53. The molecule has 11 heteroatoms. The van der Waals surface area contributed by atoms with Crippen molar-refractivity contribution in [1.82, 2.24) is 10.2 Å². The lowest BCUT2D eigenvalue weighted by atomic mass is 9.92. The Kier molecular flexibility index (Phi) is 12.8. The molecule has 0 saturated carbocycles. The van der Waals surface area contributed by atoms with Gasteiger partial charge in [-0.25, -0.2) is 4.79 Å². The Labute approximate surface area is 289 Å². The van der Waals surface area contributed by atoms with Crippen LogP contribution in [0.1, 0.15) is 67.6 Å². The van der Waals surface area contributed by atoms with Gasteiger partial charge < -0.3 is 39.2 Å². The van der Waals surface area contributed by atoms with Crippen LogP contribution < -0.4 is 29.6 Å². The molecule has 3 aromatic carbocycles. The fraction of sp³-hybridized carbons (Fsp3) is 0.447. The number of carbonyl (C=O) groups is 3. The van der Waals surface area contributed by atoms with Crippen LogP contribution in [0.2, 0.25) is 0 Å². The van der Waals surface area contributed by atoms with E-state index in [2.05, 4.69) is 10.6 Å². The standard InChI is InChI=1S/C38H49N3O8/c1-8-48-36-31(21-27-11-14-29(46-6)22-33(27)47-7)30(35(43)26-9-12-28(45-5)13-10-26)15-16-32(36)39-24-34(42)40-23-25-17-19-41(20-18-25)37(44)49-38(2,3)4/h9-16,22,25,39H,8,17-21,23-24H2,1-7H3,(H,40,42). The first-order valence-electron chi connectivity index (χ1n) is 16.6. The molecule has 1 fully saturated rings. The normalized spacial score (nSPS) is 13.3. The van der Waals surface area contributed by atoms with Crippen LogP contribution in [0.25, 0.3) is 0 Å². The molecule has 4 rings (SSSR count). The molecular formula is C38H49N3O8. The van der Waals surface area contributed by atoms with Crippen LogP contribution in [0.5, 0.6) is 23.0 Å². The van der Waals surface area contributed by atoms with E-state index >= 15 is 0 Å². The molecule has 2 amide bonds. The Morgan fingerprint density at radius 2 is 1.55 bits per heavy atom. The number of amides is 2. The average molecular weight is 676 g/mol. The molecule has 1 aliphatic rings. The molecule has 1 heterocycles. The van der Waals surface area contributed by atoms with E-state index in [1.165, 1.54) is 0 Å². The summed E-state index contributed by atoms with van der Waals surface area (Å²) in [4.78, 5) is 41.1. The van der Waals surface area contributed by atoms with Gasteiger partial charge in [0.2, 0.25) is 5.91 Å². The van der Waals surface area contributed by atoms with Gasteiger partial charge in [0.05, 0.1) is 40.2 Å². The predicted molar refractivity (Wildman–Crippen MR) is 188 cm³/mol. The van der Waals surface area contributed by atoms with E-state index in [9.17, 15) is 14.4 Å². The van der Waals surface area contributed by atoms with Crippen molar-refractivity contribution >= 4 is 23.5 Å². The first-order valence-corrected chi connectivity index (χ1v) is 16.6. The third kappa shape index (κ3) is 10.0. The summed E-state index contributed by atoms with van der Waals surface area (Å²) >= 11 is 0. The van der Waals surface area contributed by atoms with Crippen LogP contribution in [0.15, 0.2) is 54.6 Å². The van der Waals surface area contributed by atoms with Crippen molar-refractivity contribution in [2.45, 2.75) is 52.6 Å². The number of carbonyl (C=O) groups excluding carboxylic acids is 3. The number of nitrogens with one attached hydrogen (secondary N) is 2. The summed E-state index contributed by atoms with van der Waals surface area (Å²) in [7, 11) is 4.76. The third-order valence-electron chi connectivity index (χ3n) is 8.30. The summed E-state index contributed by atoms with van der Waals surface area (Å²) in [5.74, 6) is 2.31. The molecule has 0 atom stereocenters. The smallest absolute Gasteiger partial charge is 0.410 e. The lowest BCUT2D eigenvalue weighted by molar-refractivity contribution is -0.119. The second kappa shape index (κ2) is 16.9. The molecule has 0 spiro atoms. The summed E-state index contributed by atoms with van der Waals surface area (Å²) in [5, 5.41) is 6.27. The Bertz CT molecular complexity index is 1590. The monoisotopic (exact) mass is 675 g/mol. The van der Waals surface area contributed by atoms with Crippen LogP contribution >= 0.6 is 0 Å². The van der Waals surface area contributed by atoms with Gasteiger partial charge in [-0.05, 0) is 94.5 Å². The van der Waals surface area contributed by atoms with Crippen LogP contribution in [-0.4, -0.2) is 82.4 Å². The second-order valence-corrected chi connectivity index (χ2v) is 12.9. The summed E-state index contributed by atoms with van der Waals surface area (Å²) in [6, 6.07) is 16.1. The van der Waals surface area contributed by atoms with Crippen LogP contribution in [0.3, 0.4) is 0 Å². The highest BCUT2D eigenvalue weighted by molar-refractivity contribution is 6.10. The highest BCUT2D eigenvalue weighted by Gasteiger charge is 2.27. The van der Waals surface area contributed by atoms with Gasteiger partial charge in [0.15, 0.2) is 5.78 Å². The molecule has 1 saturated heterocycles. The highest BCUT2D eigenvalue weighted by Crippen LogP contribution is 2.37. The van der Waals surface area contributed by atoms with Crippen molar-refractivity contribution in [2.24, 2.45) is 5.92 Å². The van der Waals surface area contributed by atoms with Gasteiger partial charge >= 0.3 is 6.09 Å². The van der Waals surface area contributed by atoms with E-state index in [1.54, 1.807) is 68.7 Å². The van der Waals surface area contributed by atoms with E-state index in [4.69, 9.17) is 23.7 Å². The molecule has 2 N–H and O–H groups in total. The fourth-order valence-corrected chi connectivity index (χ4v) is 5.69. The quantitative estimate of drug-likeness (QED) is 0.195. The number of nitrogens with zero attached hydrogens (tertiary/aromatic N) is 1. The van der Waals surface area contributed by atoms with Gasteiger partial charge in [0.1, 0.15) is 28.6 Å². The zero-order valence-corrected chi connectivity index (χ0v) is 29.6. The Hall–Kier alpha value is -4.93. The van der Waals surface area contributed by atoms with Crippen molar-refractivity contribution in [3.63, 3.8) is 0 Å². The summed E-state index contributed by atoms with van der Waals surface area (Å²) < 4.78 is 28.0. The van der Waals surface area contributed by atoms with Crippen molar-refractivity contribution in [1.29, 1.82) is 0 Å². The van der Waals surface area contributed by atoms with Crippen molar-refractivity contribution < 1.29 is 38.1 Å². The van der Waals surface area contributed by atoms with Crippen molar-refractivity contribution in [3.8, 4) is 23.0 Å². The number of ketones is 1. The zero-order chi connectivity index (χ0) is 35.6. The number of hydrogen-bond acceptors (Lipinski definition) is 9. The molecule has 0 aliphatic carbocycles. The minimum absolute atomic E-state index is 0.00784. The number of methoxy groups -OCH3 is 3. The Balaban J connectivity index is 1.51. The minimum atomic E-state index is -0.535. The Morgan fingerprint density at radius 1 is 0.878 bits per heavy atom. The van der Waals surface area contributed by atoms with E-state index in [0.29, 0.717) is 78.0 Å². The summed E-state index contributed by atoms with van der Waals surface area (Å²) in [6.07, 6.45) is 1.58. The number of hydrogen-bond donors (Lipinski definition) is 2. The van der Waals surface area contributed by atoms with E-state index < -0.39 is 5.60 Å². The third-order valence-corrected chi connectivity index (χ3v) is 8.30. The van der Waals surface area contributed by atoms with Crippen LogP contribution in [0, 0.1) is 5.92 Å². The maximum atomic E-state index is 13.9. The number of rotatable bonds is 14. The molecule has 0 bridgehead atoms. The van der Waals surface area contributed by atoms with Crippen molar-refractivity contribution in [2.75, 3.05) is 59.4 Å². The first kappa shape index (κ1) is 36.9. The topological polar surface area (TPSA) is 125 Å². The SMILES string of the molecule is CCOc1c(NCC(=O)NCC2CCN(C(=O)OC(C)(C)C)CC2)ccc(C(=O)c2ccc(OC)cc2)c1Cc1ccc(OC)cc1OC. The molecule has 0 unspecified atom stereocenters. The Morgan fingerprint density at radius 3 is 2.16 bits per heavy atom. The predicted octanol–water partition coefficient (Wildman–Crippen LogP) is 6.11. The van der Waals surface area contributed by atoms with Crippen LogP contribution in [-0.2, 0) is 16.0 Å². The first-order chi connectivity index (χ1) is 23.5. The largest absolute Gasteiger partial charge is 0.497 e. The summed E-state index contributed by atoms with van der Waals surface area (Å²) in [6.45, 7) is 9.49. The number of anilines is 1. The van der Waals surface area contributed by atoms with E-state index in [0.717, 1.165) is 18.4 Å². The van der Waals surface area contributed by atoms with E-state index in [1.807, 2.05) is 39.8 Å². The number of ether oxygens (including phenoxy) is 5. The molecule has 49 heavy (non-hydrogen) atoms. The molecule has 264 valence electrons. The van der Waals surface area contributed by atoms with Gasteiger partial charge in [-0.1, -0.05) is 6.07 Å². The van der Waals surface area contributed by atoms with Gasteiger partial charge in [-0.2, -0.15) is 0 Å². The van der Waals surface area contributed by atoms with E-state index in [-0.39, 0.29) is 30.2 Å². The highest BCUT2D eigenvalue weighted by atomic mass is 16.6. The molecule has 11 nitrogen and oxygen atoms in total. The zero-order valence-electron chi connectivity index (χ0n) is 29.6. The van der Waals surface area contributed by atoms with Gasteiger partial charge in [-0.15, -0.1) is 0 Å². The molecule has 3 aromatic rings. The number of benzene rings is 3. The molecule has 0 aromatic heterocycles. The van der Waals surface area contributed by atoms with Crippen LogP contribution in [0.4, 0.5) is 10.5 Å². The number of likely N-dealkylation sites (tertiary alicyclic amines) is 1. The van der Waals surface area contributed by atoms with Crippen molar-refractivity contribution in [3.05, 3.63) is 76.9 Å². The number of piperidine rings is 1. The fourth-order valence-electron chi connectivity index (χ4n) is 5.69. The van der Waals surface area contributed by atoms with Gasteiger partial charge in [0, 0.05) is 48.8 Å². The lowest BCUT2D eigenvalue weighted by Crippen LogP contribution is -2.44. The lowest BCUT2D eigenvalue weighted by Gasteiger charge is -2.33. The average Bonchev–Trinajstić information content (AvgIpc) is 3.10. The van der Waals surface area contributed by atoms with Gasteiger partial charge in [0.25, 0.3) is 0 Å². The second-order valence-electron chi connectivity index (χ2n) is 12.9. The molecular weight excluding hydrogens is 626 g/mol. The molecule has 0 radical (unpaired) electrons. The van der Waals surface area contributed by atoms with Gasteiger partial charge in [-0.3, -0.25) is 9.59 Å². The maximum Gasteiger partial charge on any atom is 0.410 e.